The van der Waals surface area contributed by atoms with Crippen LogP contribution in [0, 0.1) is 5.41 Å². The molecule has 1 aliphatic rings. The number of ether oxygens (including phenoxy) is 2. The lowest BCUT2D eigenvalue weighted by Gasteiger charge is -2.31. The Morgan fingerprint density at radius 1 is 1.21 bits per heavy atom. The molecular formula is C14H25NO4. The van der Waals surface area contributed by atoms with Gasteiger partial charge in [0.1, 0.15) is 6.61 Å². The van der Waals surface area contributed by atoms with E-state index < -0.39 is 0 Å². The average molecular weight is 271 g/mol. The van der Waals surface area contributed by atoms with E-state index in [1.54, 1.807) is 4.90 Å². The van der Waals surface area contributed by atoms with Crippen LogP contribution in [0.3, 0.4) is 0 Å². The largest absolute Gasteiger partial charge is 0.449 e. The molecule has 0 aliphatic carbocycles. The minimum atomic E-state index is -0.250. The maximum atomic E-state index is 11.8. The molecule has 0 radical (unpaired) electrons. The van der Waals surface area contributed by atoms with Crippen molar-refractivity contribution >= 4 is 11.9 Å². The molecule has 0 aromatic heterocycles. The fraction of sp³-hybridized carbons (Fsp3) is 0.857. The molecule has 1 heterocycles. The Labute approximate surface area is 115 Å². The summed E-state index contributed by atoms with van der Waals surface area (Å²) in [5.74, 6) is 0.0343. The summed E-state index contributed by atoms with van der Waals surface area (Å²) < 4.78 is 10.7. The average Bonchev–Trinajstić information content (AvgIpc) is 2.33. The van der Waals surface area contributed by atoms with Crippen LogP contribution in [0.1, 0.15) is 40.5 Å². The molecule has 0 aromatic carbocycles. The molecule has 0 unspecified atom stereocenters. The minimum absolute atomic E-state index is 0.0153. The second kappa shape index (κ2) is 6.89. The van der Waals surface area contributed by atoms with Gasteiger partial charge in [-0.15, -0.1) is 0 Å². The van der Waals surface area contributed by atoms with Gasteiger partial charge in [-0.05, 0) is 25.2 Å². The van der Waals surface area contributed by atoms with E-state index in [4.69, 9.17) is 9.47 Å². The van der Waals surface area contributed by atoms with Crippen LogP contribution in [0.5, 0.6) is 0 Å². The van der Waals surface area contributed by atoms with E-state index in [2.05, 4.69) is 0 Å². The molecule has 1 amide bonds. The summed E-state index contributed by atoms with van der Waals surface area (Å²) >= 11 is 0. The highest BCUT2D eigenvalue weighted by Gasteiger charge is 2.25. The van der Waals surface area contributed by atoms with Gasteiger partial charge in [0.05, 0.1) is 12.7 Å². The molecule has 0 bridgehead atoms. The van der Waals surface area contributed by atoms with Crippen LogP contribution in [0.4, 0.5) is 4.79 Å². The van der Waals surface area contributed by atoms with E-state index in [1.165, 1.54) is 6.92 Å². The number of nitrogens with zero attached hydrogens (tertiary/aromatic N) is 1. The highest BCUT2D eigenvalue weighted by atomic mass is 16.6. The molecule has 0 aromatic rings. The molecule has 1 saturated heterocycles. The lowest BCUT2D eigenvalue weighted by atomic mass is 9.99. The maximum absolute atomic E-state index is 11.8. The van der Waals surface area contributed by atoms with Crippen LogP contribution >= 0.6 is 0 Å². The maximum Gasteiger partial charge on any atom is 0.409 e. The molecular weight excluding hydrogens is 246 g/mol. The van der Waals surface area contributed by atoms with Crippen LogP contribution in [-0.4, -0.2) is 49.2 Å². The zero-order chi connectivity index (χ0) is 14.5. The van der Waals surface area contributed by atoms with Crippen molar-refractivity contribution < 1.29 is 19.1 Å². The number of likely N-dealkylation sites (tertiary alicyclic amines) is 1. The van der Waals surface area contributed by atoms with Crippen LogP contribution in [0.2, 0.25) is 0 Å². The smallest absolute Gasteiger partial charge is 0.409 e. The normalized spacial score (nSPS) is 17.4. The van der Waals surface area contributed by atoms with Crippen molar-refractivity contribution in [3.63, 3.8) is 0 Å². The summed E-state index contributed by atoms with van der Waals surface area (Å²) in [4.78, 5) is 24.4. The first-order chi connectivity index (χ1) is 8.78. The lowest BCUT2D eigenvalue weighted by molar-refractivity contribution is -0.124. The van der Waals surface area contributed by atoms with Gasteiger partial charge < -0.3 is 14.4 Å². The van der Waals surface area contributed by atoms with Gasteiger partial charge in [-0.3, -0.25) is 4.79 Å². The zero-order valence-electron chi connectivity index (χ0n) is 12.4. The number of amides is 1. The Balaban J connectivity index is 2.25. The standard InChI is InChI=1S/C14H25NO4/c1-11(16)9-18-12-5-7-15(8-6-12)13(17)19-10-14(2,3)4/h12H,5-10H2,1-4H3. The number of hydrogen-bond acceptors (Lipinski definition) is 4. The second-order valence-corrected chi connectivity index (χ2v) is 6.31. The molecule has 0 saturated carbocycles. The van der Waals surface area contributed by atoms with Gasteiger partial charge in [0, 0.05) is 13.1 Å². The summed E-state index contributed by atoms with van der Waals surface area (Å²) in [7, 11) is 0. The van der Waals surface area contributed by atoms with E-state index in [0.717, 1.165) is 12.8 Å². The number of piperidine rings is 1. The van der Waals surface area contributed by atoms with Crippen molar-refractivity contribution in [1.82, 2.24) is 4.90 Å². The van der Waals surface area contributed by atoms with Gasteiger partial charge >= 0.3 is 6.09 Å². The second-order valence-electron chi connectivity index (χ2n) is 6.31. The monoisotopic (exact) mass is 271 g/mol. The van der Waals surface area contributed by atoms with E-state index >= 15 is 0 Å². The Hall–Kier alpha value is -1.10. The summed E-state index contributed by atoms with van der Waals surface area (Å²) in [5, 5.41) is 0. The number of hydrogen-bond donors (Lipinski definition) is 0. The number of rotatable bonds is 4. The van der Waals surface area contributed by atoms with Crippen LogP contribution in [-0.2, 0) is 14.3 Å². The fourth-order valence-electron chi connectivity index (χ4n) is 1.81. The van der Waals surface area contributed by atoms with Crippen molar-refractivity contribution in [2.45, 2.75) is 46.6 Å². The molecule has 5 nitrogen and oxygen atoms in total. The van der Waals surface area contributed by atoms with E-state index in [1.807, 2.05) is 20.8 Å². The van der Waals surface area contributed by atoms with Crippen molar-refractivity contribution in [3.05, 3.63) is 0 Å². The van der Waals surface area contributed by atoms with Crippen LogP contribution < -0.4 is 0 Å². The first kappa shape index (κ1) is 16.0. The molecule has 19 heavy (non-hydrogen) atoms. The SMILES string of the molecule is CC(=O)COC1CCN(C(=O)OCC(C)(C)C)CC1. The minimum Gasteiger partial charge on any atom is -0.449 e. The van der Waals surface area contributed by atoms with Gasteiger partial charge in [0.2, 0.25) is 0 Å². The number of ketones is 1. The first-order valence-corrected chi connectivity index (χ1v) is 6.81. The molecule has 110 valence electrons. The molecule has 1 aliphatic heterocycles. The fourth-order valence-corrected chi connectivity index (χ4v) is 1.81. The molecule has 5 heteroatoms. The summed E-state index contributed by atoms with van der Waals surface area (Å²) in [6.45, 7) is 9.45. The number of Topliss-reactive ketones (excluding diaryl/α,β-unsaturated/α-hetero) is 1. The first-order valence-electron chi connectivity index (χ1n) is 6.81. The molecule has 1 rings (SSSR count). The quantitative estimate of drug-likeness (QED) is 0.787. The van der Waals surface area contributed by atoms with Crippen LogP contribution in [0.15, 0.2) is 0 Å². The third kappa shape index (κ3) is 6.57. The van der Waals surface area contributed by atoms with Gasteiger partial charge in [-0.1, -0.05) is 20.8 Å². The third-order valence-corrected chi connectivity index (χ3v) is 2.85. The molecule has 0 atom stereocenters. The van der Waals surface area contributed by atoms with Gasteiger partial charge in [-0.2, -0.15) is 0 Å². The topological polar surface area (TPSA) is 55.8 Å². The summed E-state index contributed by atoms with van der Waals surface area (Å²) in [5.41, 5.74) is -0.0153. The predicted octanol–water partition coefficient (Wildman–Crippen LogP) is 2.24. The Bertz CT molecular complexity index is 314. The van der Waals surface area contributed by atoms with E-state index in [-0.39, 0.29) is 30.0 Å². The summed E-state index contributed by atoms with van der Waals surface area (Å²) in [6, 6.07) is 0. The predicted molar refractivity (Wildman–Crippen MR) is 72.0 cm³/mol. The third-order valence-electron chi connectivity index (χ3n) is 2.85. The Morgan fingerprint density at radius 2 is 1.79 bits per heavy atom. The van der Waals surface area contributed by atoms with Gasteiger partial charge in [0.25, 0.3) is 0 Å². The van der Waals surface area contributed by atoms with Crippen molar-refractivity contribution in [2.75, 3.05) is 26.3 Å². The van der Waals surface area contributed by atoms with Crippen molar-refractivity contribution in [3.8, 4) is 0 Å². The highest BCUT2D eigenvalue weighted by molar-refractivity contribution is 5.76. The Kier molecular flexibility index (Phi) is 5.79. The van der Waals surface area contributed by atoms with Gasteiger partial charge in [0.15, 0.2) is 5.78 Å². The van der Waals surface area contributed by atoms with Gasteiger partial charge in [-0.25, -0.2) is 4.79 Å². The molecule has 0 N–H and O–H groups in total. The number of carbonyl (C=O) groups is 2. The zero-order valence-corrected chi connectivity index (χ0v) is 12.4. The van der Waals surface area contributed by atoms with E-state index in [9.17, 15) is 9.59 Å². The molecule has 1 fully saturated rings. The van der Waals surface area contributed by atoms with Crippen molar-refractivity contribution in [1.29, 1.82) is 0 Å². The lowest BCUT2D eigenvalue weighted by Crippen LogP contribution is -2.42. The Morgan fingerprint density at radius 3 is 2.26 bits per heavy atom. The number of carbonyl (C=O) groups excluding carboxylic acids is 2. The molecule has 0 spiro atoms. The van der Waals surface area contributed by atoms with Crippen LogP contribution in [0.25, 0.3) is 0 Å². The summed E-state index contributed by atoms with van der Waals surface area (Å²) in [6.07, 6.45) is 1.35. The highest BCUT2D eigenvalue weighted by Crippen LogP contribution is 2.17. The van der Waals surface area contributed by atoms with Crippen molar-refractivity contribution in [2.24, 2.45) is 5.41 Å². The van der Waals surface area contributed by atoms with E-state index in [0.29, 0.717) is 19.7 Å².